The lowest BCUT2D eigenvalue weighted by atomic mass is 9.77. The summed E-state index contributed by atoms with van der Waals surface area (Å²) in [4.78, 5) is 14.0. The molecule has 4 aromatic carbocycles. The topological polar surface area (TPSA) is 78.3 Å². The summed E-state index contributed by atoms with van der Waals surface area (Å²) in [6, 6.07) is 37.0. The number of rotatable bonds is 7. The number of carbonyl (C=O) groups is 1. The average Bonchev–Trinajstić information content (AvgIpc) is 3.57. The van der Waals surface area contributed by atoms with E-state index in [9.17, 15) is 13.2 Å². The number of carbonyl (C=O) groups excluding carboxylic acids is 1. The molecule has 0 unspecified atom stereocenters. The number of benzene rings is 4. The maximum Gasteiger partial charge on any atom is 0.210 e. The summed E-state index contributed by atoms with van der Waals surface area (Å²) >= 11 is 0. The zero-order chi connectivity index (χ0) is 29.5. The van der Waals surface area contributed by atoms with Gasteiger partial charge in [-0.15, -0.1) is 0 Å². The van der Waals surface area contributed by atoms with Crippen LogP contribution in [0.25, 0.3) is 11.3 Å². The Bertz CT molecular complexity index is 1800. The first-order valence-corrected chi connectivity index (χ1v) is 15.5. The fourth-order valence-electron chi connectivity index (χ4n) is 5.65. The second-order valence-corrected chi connectivity index (χ2v) is 12.9. The van der Waals surface area contributed by atoms with Crippen LogP contribution >= 0.6 is 0 Å². The van der Waals surface area contributed by atoms with Gasteiger partial charge in [-0.1, -0.05) is 91.0 Å². The molecular weight excluding hydrogens is 544 g/mol. The summed E-state index contributed by atoms with van der Waals surface area (Å²) in [5.41, 5.74) is 2.73. The van der Waals surface area contributed by atoms with Gasteiger partial charge in [0.15, 0.2) is 15.4 Å². The first kappa shape index (κ1) is 27.4. The van der Waals surface area contributed by atoms with Gasteiger partial charge in [0, 0.05) is 23.6 Å². The summed E-state index contributed by atoms with van der Waals surface area (Å²) in [5, 5.41) is 4.91. The fraction of sp³-hybridized carbons (Fsp3) is 0.143. The van der Waals surface area contributed by atoms with Gasteiger partial charge in [-0.3, -0.25) is 9.48 Å². The largest absolute Gasteiger partial charge is 0.478 e. The van der Waals surface area contributed by atoms with Crippen molar-refractivity contribution in [1.82, 2.24) is 9.78 Å². The van der Waals surface area contributed by atoms with Crippen LogP contribution < -0.4 is 0 Å². The maximum atomic E-state index is 13.8. The summed E-state index contributed by atoms with van der Waals surface area (Å²) in [7, 11) is -3.37. The van der Waals surface area contributed by atoms with Crippen LogP contribution in [0.15, 0.2) is 133 Å². The molecule has 1 aliphatic heterocycles. The van der Waals surface area contributed by atoms with Crippen LogP contribution in [-0.2, 0) is 24.9 Å². The molecule has 210 valence electrons. The number of ketones is 1. The van der Waals surface area contributed by atoms with Crippen molar-refractivity contribution >= 4 is 27.0 Å². The van der Waals surface area contributed by atoms with E-state index in [0.29, 0.717) is 22.5 Å². The zero-order valence-electron chi connectivity index (χ0n) is 23.6. The Labute approximate surface area is 245 Å². The molecule has 7 heteroatoms. The Morgan fingerprint density at radius 2 is 1.19 bits per heavy atom. The number of sulfone groups is 1. The van der Waals surface area contributed by atoms with Crippen molar-refractivity contribution in [2.75, 3.05) is 6.26 Å². The van der Waals surface area contributed by atoms with E-state index < -0.39 is 21.0 Å². The van der Waals surface area contributed by atoms with Gasteiger partial charge in [0.25, 0.3) is 0 Å². The summed E-state index contributed by atoms with van der Waals surface area (Å²) in [6.07, 6.45) is 4.76. The van der Waals surface area contributed by atoms with Gasteiger partial charge in [0.1, 0.15) is 11.3 Å². The SMILES string of the molecule is CC1(C)OC(c2ccc(S(C)(=O)=O)cc2)=C(c2cnn(C(c3ccccc3)(c3ccccc3)c3ccccc3)c2)C1=O. The highest BCUT2D eigenvalue weighted by atomic mass is 32.2. The molecule has 0 atom stereocenters. The standard InChI is InChI=1S/C35H30N2O4S/c1-34(2)33(38)31(32(41-34)25-19-21-30(22-20-25)42(3,39)40)26-23-36-37(24-26)35(27-13-7-4-8-14-27,28-15-9-5-10-16-28)29-17-11-6-12-18-29/h4-24H,1-3H3. The van der Waals surface area contributed by atoms with Gasteiger partial charge in [-0.25, -0.2) is 8.42 Å². The second-order valence-electron chi connectivity index (χ2n) is 10.9. The number of ether oxygens (including phenoxy) is 1. The Morgan fingerprint density at radius 1 is 0.714 bits per heavy atom. The molecule has 2 heterocycles. The van der Waals surface area contributed by atoms with E-state index in [-0.39, 0.29) is 10.7 Å². The van der Waals surface area contributed by atoms with E-state index >= 15 is 0 Å². The normalized spacial score (nSPS) is 15.1. The molecule has 0 N–H and O–H groups in total. The molecule has 0 bridgehead atoms. The predicted octanol–water partition coefficient (Wildman–Crippen LogP) is 6.37. The maximum absolute atomic E-state index is 13.8. The summed E-state index contributed by atoms with van der Waals surface area (Å²) in [6.45, 7) is 3.47. The average molecular weight is 575 g/mol. The van der Waals surface area contributed by atoms with Crippen molar-refractivity contribution in [2.45, 2.75) is 29.9 Å². The Hall–Kier alpha value is -4.75. The van der Waals surface area contributed by atoms with E-state index in [2.05, 4.69) is 36.4 Å². The fourth-order valence-corrected chi connectivity index (χ4v) is 6.28. The molecular formula is C35H30N2O4S. The van der Waals surface area contributed by atoms with Crippen LogP contribution in [0.2, 0.25) is 0 Å². The van der Waals surface area contributed by atoms with Gasteiger partial charge in [-0.2, -0.15) is 5.10 Å². The first-order chi connectivity index (χ1) is 20.1. The molecule has 0 saturated carbocycles. The van der Waals surface area contributed by atoms with Crippen molar-refractivity contribution in [1.29, 1.82) is 0 Å². The summed E-state index contributed by atoms with van der Waals surface area (Å²) < 4.78 is 32.2. The van der Waals surface area contributed by atoms with Crippen molar-refractivity contribution < 1.29 is 17.9 Å². The van der Waals surface area contributed by atoms with E-state index in [1.54, 1.807) is 32.2 Å². The predicted molar refractivity (Wildman–Crippen MR) is 163 cm³/mol. The molecule has 0 fully saturated rings. The lowest BCUT2D eigenvalue weighted by Gasteiger charge is -2.36. The highest BCUT2D eigenvalue weighted by Crippen LogP contribution is 2.44. The second kappa shape index (κ2) is 10.3. The Morgan fingerprint density at radius 3 is 1.64 bits per heavy atom. The highest BCUT2D eigenvalue weighted by Gasteiger charge is 2.45. The molecule has 1 aliphatic rings. The number of hydrogen-bond acceptors (Lipinski definition) is 5. The third-order valence-electron chi connectivity index (χ3n) is 7.69. The number of nitrogens with zero attached hydrogens (tertiary/aromatic N) is 2. The van der Waals surface area contributed by atoms with E-state index in [0.717, 1.165) is 22.9 Å². The molecule has 0 saturated heterocycles. The third-order valence-corrected chi connectivity index (χ3v) is 8.82. The Kier molecular flexibility index (Phi) is 6.70. The van der Waals surface area contributed by atoms with Crippen LogP contribution in [0.3, 0.4) is 0 Å². The van der Waals surface area contributed by atoms with Crippen LogP contribution in [0, 0.1) is 0 Å². The van der Waals surface area contributed by atoms with Crippen LogP contribution in [0.4, 0.5) is 0 Å². The van der Waals surface area contributed by atoms with E-state index in [1.807, 2.05) is 65.5 Å². The van der Waals surface area contributed by atoms with Crippen molar-refractivity contribution in [3.05, 3.63) is 155 Å². The lowest BCUT2D eigenvalue weighted by Crippen LogP contribution is -2.38. The monoisotopic (exact) mass is 574 g/mol. The molecule has 0 aliphatic carbocycles. The van der Waals surface area contributed by atoms with Crippen molar-refractivity contribution in [3.8, 4) is 0 Å². The smallest absolute Gasteiger partial charge is 0.210 e. The molecule has 1 aromatic heterocycles. The van der Waals surface area contributed by atoms with Gasteiger partial charge in [0.2, 0.25) is 5.78 Å². The van der Waals surface area contributed by atoms with Gasteiger partial charge in [-0.05, 0) is 54.8 Å². The molecule has 6 nitrogen and oxygen atoms in total. The Balaban J connectivity index is 1.59. The van der Waals surface area contributed by atoms with Gasteiger partial charge < -0.3 is 4.74 Å². The molecule has 0 spiro atoms. The van der Waals surface area contributed by atoms with Crippen LogP contribution in [0.5, 0.6) is 0 Å². The molecule has 0 radical (unpaired) electrons. The number of Topliss-reactive ketones (excluding diaryl/α,β-unsaturated/α-hetero) is 1. The minimum atomic E-state index is -3.37. The van der Waals surface area contributed by atoms with Crippen LogP contribution in [0.1, 0.15) is 41.7 Å². The summed E-state index contributed by atoms with van der Waals surface area (Å²) in [5.74, 6) is 0.225. The highest BCUT2D eigenvalue weighted by molar-refractivity contribution is 7.90. The van der Waals surface area contributed by atoms with Gasteiger partial charge in [0.05, 0.1) is 16.7 Å². The van der Waals surface area contributed by atoms with Crippen LogP contribution in [-0.4, -0.2) is 35.8 Å². The molecule has 42 heavy (non-hydrogen) atoms. The molecule has 6 rings (SSSR count). The molecule has 5 aromatic rings. The minimum Gasteiger partial charge on any atom is -0.478 e. The van der Waals surface area contributed by atoms with E-state index in [1.165, 1.54) is 12.1 Å². The van der Waals surface area contributed by atoms with Crippen molar-refractivity contribution in [2.24, 2.45) is 0 Å². The third kappa shape index (κ3) is 4.56. The molecule has 0 amide bonds. The zero-order valence-corrected chi connectivity index (χ0v) is 24.4. The number of aromatic nitrogens is 2. The van der Waals surface area contributed by atoms with E-state index in [4.69, 9.17) is 9.84 Å². The minimum absolute atomic E-state index is 0.172. The first-order valence-electron chi connectivity index (χ1n) is 13.6. The quantitative estimate of drug-likeness (QED) is 0.211. The number of hydrogen-bond donors (Lipinski definition) is 0. The van der Waals surface area contributed by atoms with Gasteiger partial charge >= 0.3 is 0 Å². The lowest BCUT2D eigenvalue weighted by molar-refractivity contribution is -0.125. The van der Waals surface area contributed by atoms with Crippen molar-refractivity contribution in [3.63, 3.8) is 0 Å².